The first-order chi connectivity index (χ1) is 11.5. The van der Waals surface area contributed by atoms with Crippen molar-refractivity contribution in [2.45, 2.75) is 19.9 Å². The van der Waals surface area contributed by atoms with Crippen LogP contribution in [0.2, 0.25) is 0 Å². The average molecular weight is 346 g/mol. The van der Waals surface area contributed by atoms with Crippen LogP contribution in [0.25, 0.3) is 0 Å². The fraction of sp³-hybridized carbons (Fsp3) is 0.294. The van der Waals surface area contributed by atoms with Crippen LogP contribution in [0, 0.1) is 5.92 Å². The summed E-state index contributed by atoms with van der Waals surface area (Å²) in [4.78, 5) is 25.4. The van der Waals surface area contributed by atoms with Crippen LogP contribution >= 0.6 is 11.3 Å². The molecule has 126 valence electrons. The highest BCUT2D eigenvalue weighted by molar-refractivity contribution is 7.12. The molecule has 0 aliphatic carbocycles. The molecule has 0 saturated carbocycles. The Morgan fingerprint density at radius 3 is 2.67 bits per heavy atom. The van der Waals surface area contributed by atoms with Crippen molar-refractivity contribution in [1.29, 1.82) is 0 Å². The highest BCUT2D eigenvalue weighted by Crippen LogP contribution is 2.34. The van der Waals surface area contributed by atoms with Crippen molar-refractivity contribution >= 4 is 28.8 Å². The van der Waals surface area contributed by atoms with Gasteiger partial charge in [0.2, 0.25) is 12.7 Å². The minimum Gasteiger partial charge on any atom is -0.454 e. The molecule has 24 heavy (non-hydrogen) atoms. The number of hydrogen-bond donors (Lipinski definition) is 2. The lowest BCUT2D eigenvalue weighted by Gasteiger charge is -2.21. The van der Waals surface area contributed by atoms with Crippen molar-refractivity contribution in [3.05, 3.63) is 40.6 Å². The van der Waals surface area contributed by atoms with Gasteiger partial charge in [-0.15, -0.1) is 11.3 Å². The smallest absolute Gasteiger partial charge is 0.262 e. The standard InChI is InChI=1S/C17H18N2O4S/c1-10(2)15(19-16(20)14-4-3-7-24-14)17(21)18-11-5-6-12-13(8-11)23-9-22-12/h3-8,10,15H,9H2,1-2H3,(H,18,21)(H,19,20). The first kappa shape index (κ1) is 16.3. The number of nitrogens with one attached hydrogen (secondary N) is 2. The van der Waals surface area contributed by atoms with Gasteiger partial charge in [0, 0.05) is 11.8 Å². The maximum absolute atomic E-state index is 12.6. The third-order valence-electron chi connectivity index (χ3n) is 3.62. The maximum Gasteiger partial charge on any atom is 0.262 e. The van der Waals surface area contributed by atoms with E-state index < -0.39 is 6.04 Å². The van der Waals surface area contributed by atoms with Gasteiger partial charge in [0.25, 0.3) is 5.91 Å². The molecule has 1 aliphatic rings. The van der Waals surface area contributed by atoms with Gasteiger partial charge in [-0.05, 0) is 29.5 Å². The average Bonchev–Trinajstić information content (AvgIpc) is 3.22. The van der Waals surface area contributed by atoms with Gasteiger partial charge >= 0.3 is 0 Å². The summed E-state index contributed by atoms with van der Waals surface area (Å²) in [6.45, 7) is 3.95. The van der Waals surface area contributed by atoms with Crippen molar-refractivity contribution < 1.29 is 19.1 Å². The van der Waals surface area contributed by atoms with Crippen molar-refractivity contribution in [2.24, 2.45) is 5.92 Å². The van der Waals surface area contributed by atoms with Crippen molar-refractivity contribution in [3.8, 4) is 11.5 Å². The number of anilines is 1. The molecule has 1 aromatic heterocycles. The lowest BCUT2D eigenvalue weighted by atomic mass is 10.0. The molecule has 0 radical (unpaired) electrons. The Hall–Kier alpha value is -2.54. The quantitative estimate of drug-likeness (QED) is 0.873. The molecule has 2 aromatic rings. The van der Waals surface area contributed by atoms with E-state index in [-0.39, 0.29) is 24.5 Å². The predicted molar refractivity (Wildman–Crippen MR) is 91.6 cm³/mol. The molecule has 1 aliphatic heterocycles. The van der Waals surface area contributed by atoms with Crippen molar-refractivity contribution in [1.82, 2.24) is 5.32 Å². The van der Waals surface area contributed by atoms with E-state index in [0.29, 0.717) is 22.1 Å². The summed E-state index contributed by atoms with van der Waals surface area (Å²) in [6.07, 6.45) is 0. The summed E-state index contributed by atoms with van der Waals surface area (Å²) in [5.74, 6) is 0.678. The molecule has 0 fully saturated rings. The number of carbonyl (C=O) groups excluding carboxylic acids is 2. The van der Waals surface area contributed by atoms with Crippen LogP contribution < -0.4 is 20.1 Å². The Morgan fingerprint density at radius 1 is 1.17 bits per heavy atom. The molecular formula is C17H18N2O4S. The monoisotopic (exact) mass is 346 g/mol. The van der Waals surface area contributed by atoms with Gasteiger partial charge in [0.15, 0.2) is 11.5 Å². The lowest BCUT2D eigenvalue weighted by molar-refractivity contribution is -0.118. The van der Waals surface area contributed by atoms with E-state index >= 15 is 0 Å². The second kappa shape index (κ2) is 6.92. The number of thiophene rings is 1. The van der Waals surface area contributed by atoms with E-state index in [9.17, 15) is 9.59 Å². The number of ether oxygens (including phenoxy) is 2. The van der Waals surface area contributed by atoms with Crippen LogP contribution in [-0.4, -0.2) is 24.6 Å². The Kier molecular flexibility index (Phi) is 4.71. The van der Waals surface area contributed by atoms with E-state index in [1.165, 1.54) is 11.3 Å². The van der Waals surface area contributed by atoms with Gasteiger partial charge in [-0.25, -0.2) is 0 Å². The molecular weight excluding hydrogens is 328 g/mol. The molecule has 0 bridgehead atoms. The van der Waals surface area contributed by atoms with Gasteiger partial charge in [-0.1, -0.05) is 19.9 Å². The minimum absolute atomic E-state index is 0.0528. The summed E-state index contributed by atoms with van der Waals surface area (Å²) in [5.41, 5.74) is 0.597. The highest BCUT2D eigenvalue weighted by Gasteiger charge is 2.25. The maximum atomic E-state index is 12.6. The van der Waals surface area contributed by atoms with E-state index in [1.54, 1.807) is 30.3 Å². The van der Waals surface area contributed by atoms with E-state index in [2.05, 4.69) is 10.6 Å². The second-order valence-electron chi connectivity index (χ2n) is 5.73. The normalized spacial score (nSPS) is 13.6. The molecule has 0 spiro atoms. The summed E-state index contributed by atoms with van der Waals surface area (Å²) in [5, 5.41) is 7.44. The number of rotatable bonds is 5. The van der Waals surface area contributed by atoms with Gasteiger partial charge in [-0.2, -0.15) is 0 Å². The fourth-order valence-electron chi connectivity index (χ4n) is 2.35. The Balaban J connectivity index is 1.69. The third-order valence-corrected chi connectivity index (χ3v) is 4.49. The van der Waals surface area contributed by atoms with Crippen LogP contribution in [-0.2, 0) is 4.79 Å². The lowest BCUT2D eigenvalue weighted by Crippen LogP contribution is -2.46. The van der Waals surface area contributed by atoms with Crippen LogP contribution in [0.15, 0.2) is 35.7 Å². The zero-order valence-electron chi connectivity index (χ0n) is 13.4. The van der Waals surface area contributed by atoms with Crippen LogP contribution in [0.3, 0.4) is 0 Å². The third kappa shape index (κ3) is 3.51. The minimum atomic E-state index is -0.634. The van der Waals surface area contributed by atoms with Gasteiger partial charge in [-0.3, -0.25) is 9.59 Å². The van der Waals surface area contributed by atoms with Crippen LogP contribution in [0.4, 0.5) is 5.69 Å². The Morgan fingerprint density at radius 2 is 1.96 bits per heavy atom. The molecule has 1 atom stereocenters. The van der Waals surface area contributed by atoms with Crippen LogP contribution in [0.5, 0.6) is 11.5 Å². The van der Waals surface area contributed by atoms with Gasteiger partial charge < -0.3 is 20.1 Å². The zero-order chi connectivity index (χ0) is 17.1. The summed E-state index contributed by atoms with van der Waals surface area (Å²) in [7, 11) is 0. The number of amides is 2. The van der Waals surface area contributed by atoms with Crippen molar-refractivity contribution in [2.75, 3.05) is 12.1 Å². The number of benzene rings is 1. The second-order valence-corrected chi connectivity index (χ2v) is 6.68. The first-order valence-corrected chi connectivity index (χ1v) is 8.47. The number of hydrogen-bond acceptors (Lipinski definition) is 5. The zero-order valence-corrected chi connectivity index (χ0v) is 14.2. The predicted octanol–water partition coefficient (Wildman–Crippen LogP) is 2.87. The molecule has 3 rings (SSSR count). The number of carbonyl (C=O) groups is 2. The first-order valence-electron chi connectivity index (χ1n) is 7.59. The topological polar surface area (TPSA) is 76.7 Å². The van der Waals surface area contributed by atoms with Crippen molar-refractivity contribution in [3.63, 3.8) is 0 Å². The molecule has 6 nitrogen and oxygen atoms in total. The summed E-state index contributed by atoms with van der Waals surface area (Å²) in [6, 6.07) is 8.09. The Labute approximate surface area is 143 Å². The van der Waals surface area contributed by atoms with E-state index in [4.69, 9.17) is 9.47 Å². The SMILES string of the molecule is CC(C)C(NC(=O)c1cccs1)C(=O)Nc1ccc2c(c1)OCO2. The highest BCUT2D eigenvalue weighted by atomic mass is 32.1. The summed E-state index contributed by atoms with van der Waals surface area (Å²) < 4.78 is 10.5. The van der Waals surface area contributed by atoms with E-state index in [0.717, 1.165) is 0 Å². The fourth-order valence-corrected chi connectivity index (χ4v) is 2.98. The molecule has 0 saturated heterocycles. The van der Waals surface area contributed by atoms with E-state index in [1.807, 2.05) is 19.2 Å². The molecule has 2 amide bonds. The summed E-state index contributed by atoms with van der Waals surface area (Å²) >= 11 is 1.34. The molecule has 7 heteroatoms. The molecule has 1 unspecified atom stereocenters. The van der Waals surface area contributed by atoms with Crippen LogP contribution in [0.1, 0.15) is 23.5 Å². The Bertz CT molecular complexity index is 743. The van der Waals surface area contributed by atoms with Gasteiger partial charge in [0.1, 0.15) is 6.04 Å². The largest absolute Gasteiger partial charge is 0.454 e. The molecule has 2 N–H and O–H groups in total. The number of fused-ring (bicyclic) bond motifs is 1. The molecule has 1 aromatic carbocycles. The van der Waals surface area contributed by atoms with Gasteiger partial charge in [0.05, 0.1) is 4.88 Å². The molecule has 2 heterocycles.